The molecule has 2 amide bonds. The highest BCUT2D eigenvalue weighted by atomic mass is 16.2. The number of hydrogen-bond acceptors (Lipinski definition) is 2. The molecule has 3 rings (SSSR count). The monoisotopic (exact) mass is 251 g/mol. The second-order valence-corrected chi connectivity index (χ2v) is 5.67. The van der Waals surface area contributed by atoms with Gasteiger partial charge in [-0.25, -0.2) is 0 Å². The van der Waals surface area contributed by atoms with Crippen LogP contribution < -0.4 is 0 Å². The second-order valence-electron chi connectivity index (χ2n) is 5.67. The Labute approximate surface area is 111 Å². The minimum Gasteiger partial charge on any atom is -0.269 e. The standard InChI is InChI=1S/C16H13NO2/c1-16(2,3)17-14(18)11-8-4-6-10-7-5-9-12(13(10)11)15(17)19/h4,6,8-9H,1-3H3. The van der Waals surface area contributed by atoms with Crippen molar-refractivity contribution in [3.63, 3.8) is 0 Å². The smallest absolute Gasteiger partial charge is 0.262 e. The highest BCUT2D eigenvalue weighted by Gasteiger charge is 2.39. The van der Waals surface area contributed by atoms with Gasteiger partial charge in [-0.3, -0.25) is 14.5 Å². The molecule has 0 saturated carbocycles. The van der Waals surface area contributed by atoms with E-state index in [2.05, 4.69) is 12.1 Å². The van der Waals surface area contributed by atoms with E-state index in [0.717, 1.165) is 5.39 Å². The van der Waals surface area contributed by atoms with Gasteiger partial charge < -0.3 is 0 Å². The molecule has 94 valence electrons. The molecule has 0 bridgehead atoms. The van der Waals surface area contributed by atoms with Gasteiger partial charge in [-0.05, 0) is 32.9 Å². The van der Waals surface area contributed by atoms with Gasteiger partial charge in [0.2, 0.25) is 0 Å². The number of hydrogen-bond donors (Lipinski definition) is 0. The summed E-state index contributed by atoms with van der Waals surface area (Å²) in [5.74, 6) is -0.498. The van der Waals surface area contributed by atoms with Crippen molar-refractivity contribution in [2.24, 2.45) is 0 Å². The van der Waals surface area contributed by atoms with Crippen molar-refractivity contribution in [1.29, 1.82) is 0 Å². The summed E-state index contributed by atoms with van der Waals surface area (Å²) in [7, 11) is 0. The number of carbonyl (C=O) groups is 2. The Morgan fingerprint density at radius 1 is 1.05 bits per heavy atom. The van der Waals surface area contributed by atoms with Crippen LogP contribution in [0.3, 0.4) is 0 Å². The Hall–Kier alpha value is -2.34. The Kier molecular flexibility index (Phi) is 2.21. The van der Waals surface area contributed by atoms with Gasteiger partial charge in [-0.2, -0.15) is 0 Å². The second kappa shape index (κ2) is 3.58. The van der Waals surface area contributed by atoms with E-state index in [1.165, 1.54) is 4.90 Å². The fourth-order valence-corrected chi connectivity index (χ4v) is 2.49. The topological polar surface area (TPSA) is 37.4 Å². The number of imide groups is 1. The third kappa shape index (κ3) is 1.53. The van der Waals surface area contributed by atoms with E-state index in [0.29, 0.717) is 16.5 Å². The van der Waals surface area contributed by atoms with Crippen molar-refractivity contribution in [1.82, 2.24) is 4.90 Å². The van der Waals surface area contributed by atoms with E-state index in [9.17, 15) is 9.59 Å². The quantitative estimate of drug-likeness (QED) is 0.675. The molecular weight excluding hydrogens is 238 g/mol. The average Bonchev–Trinajstić information content (AvgIpc) is 2.34. The largest absolute Gasteiger partial charge is 0.269 e. The zero-order chi connectivity index (χ0) is 13.8. The SMILES string of the molecule is CC(C)(C)N1C(=O)c2cc#cc3cccc(c23)C1=O. The van der Waals surface area contributed by atoms with E-state index < -0.39 is 5.54 Å². The zero-order valence-electron chi connectivity index (χ0n) is 11.1. The van der Waals surface area contributed by atoms with Crippen LogP contribution >= 0.6 is 0 Å². The first-order valence-corrected chi connectivity index (χ1v) is 6.15. The molecule has 1 aliphatic heterocycles. The van der Waals surface area contributed by atoms with E-state index in [-0.39, 0.29) is 11.8 Å². The average molecular weight is 251 g/mol. The molecule has 0 N–H and O–H groups in total. The summed E-state index contributed by atoms with van der Waals surface area (Å²) in [5.41, 5.74) is 0.541. The molecule has 0 radical (unpaired) electrons. The van der Waals surface area contributed by atoms with E-state index in [1.54, 1.807) is 18.2 Å². The van der Waals surface area contributed by atoms with Crippen LogP contribution in [0.4, 0.5) is 0 Å². The summed E-state index contributed by atoms with van der Waals surface area (Å²) in [4.78, 5) is 26.4. The predicted octanol–water partition coefficient (Wildman–Crippen LogP) is 2.83. The number of nitrogens with zero attached hydrogens (tertiary/aromatic N) is 1. The first-order valence-electron chi connectivity index (χ1n) is 6.15. The Morgan fingerprint density at radius 3 is 2.42 bits per heavy atom. The normalized spacial score (nSPS) is 14.8. The van der Waals surface area contributed by atoms with Gasteiger partial charge in [0.15, 0.2) is 0 Å². The number of amides is 2. The fraction of sp³-hybridized carbons (Fsp3) is 0.250. The fourth-order valence-electron chi connectivity index (χ4n) is 2.49. The van der Waals surface area contributed by atoms with Crippen molar-refractivity contribution in [3.8, 4) is 0 Å². The predicted molar refractivity (Wildman–Crippen MR) is 71.9 cm³/mol. The minimum absolute atomic E-state index is 0.241. The summed E-state index contributed by atoms with van der Waals surface area (Å²) in [6, 6.07) is 12.8. The summed E-state index contributed by atoms with van der Waals surface area (Å²) >= 11 is 0. The van der Waals surface area contributed by atoms with E-state index in [1.807, 2.05) is 26.8 Å². The molecule has 0 aliphatic carbocycles. The molecule has 0 unspecified atom stereocenters. The highest BCUT2D eigenvalue weighted by Crippen LogP contribution is 2.32. The molecule has 19 heavy (non-hydrogen) atoms. The van der Waals surface area contributed by atoms with E-state index in [4.69, 9.17) is 0 Å². The lowest BCUT2D eigenvalue weighted by atomic mass is 9.92. The Morgan fingerprint density at radius 2 is 1.74 bits per heavy atom. The summed E-state index contributed by atoms with van der Waals surface area (Å²) < 4.78 is 0. The molecule has 1 heterocycles. The molecule has 3 nitrogen and oxygen atoms in total. The maximum absolute atomic E-state index is 12.5. The number of rotatable bonds is 0. The maximum Gasteiger partial charge on any atom is 0.262 e. The van der Waals surface area contributed by atoms with Gasteiger partial charge in [0.1, 0.15) is 0 Å². The van der Waals surface area contributed by atoms with Crippen LogP contribution in [0.1, 0.15) is 41.5 Å². The van der Waals surface area contributed by atoms with Crippen LogP contribution in [0.25, 0.3) is 10.8 Å². The van der Waals surface area contributed by atoms with Gasteiger partial charge in [-0.15, -0.1) is 0 Å². The highest BCUT2D eigenvalue weighted by molar-refractivity contribution is 6.25. The Bertz CT molecular complexity index is 660. The molecule has 0 fully saturated rings. The minimum atomic E-state index is -0.548. The third-order valence-electron chi connectivity index (χ3n) is 3.29. The number of benzene rings is 1. The summed E-state index contributed by atoms with van der Waals surface area (Å²) in [6.07, 6.45) is 0. The zero-order valence-corrected chi connectivity index (χ0v) is 11.1. The maximum atomic E-state index is 12.5. The van der Waals surface area contributed by atoms with Crippen molar-refractivity contribution in [2.75, 3.05) is 0 Å². The van der Waals surface area contributed by atoms with Crippen LogP contribution in [-0.4, -0.2) is 22.3 Å². The lowest BCUT2D eigenvalue weighted by Crippen LogP contribution is -2.51. The molecule has 0 aromatic heterocycles. The molecular formula is C16H13NO2. The van der Waals surface area contributed by atoms with Crippen LogP contribution in [0.5, 0.6) is 0 Å². The molecule has 1 aliphatic rings. The van der Waals surface area contributed by atoms with Gasteiger partial charge in [0, 0.05) is 27.9 Å². The van der Waals surface area contributed by atoms with Crippen molar-refractivity contribution in [2.45, 2.75) is 26.3 Å². The van der Waals surface area contributed by atoms with Gasteiger partial charge in [-0.1, -0.05) is 18.2 Å². The molecule has 2 aromatic carbocycles. The van der Waals surface area contributed by atoms with Crippen molar-refractivity contribution < 1.29 is 9.59 Å². The van der Waals surface area contributed by atoms with Gasteiger partial charge >= 0.3 is 0 Å². The van der Waals surface area contributed by atoms with Crippen LogP contribution in [0.15, 0.2) is 24.3 Å². The molecule has 0 saturated heterocycles. The van der Waals surface area contributed by atoms with Crippen molar-refractivity contribution in [3.05, 3.63) is 47.5 Å². The van der Waals surface area contributed by atoms with Crippen molar-refractivity contribution >= 4 is 22.6 Å². The molecule has 3 heteroatoms. The van der Waals surface area contributed by atoms with Gasteiger partial charge in [0.05, 0.1) is 5.56 Å². The number of carbonyl (C=O) groups excluding carboxylic acids is 2. The molecule has 2 aromatic rings. The van der Waals surface area contributed by atoms with Crippen LogP contribution in [0, 0.1) is 12.1 Å². The van der Waals surface area contributed by atoms with Crippen LogP contribution in [0.2, 0.25) is 0 Å². The van der Waals surface area contributed by atoms with Gasteiger partial charge in [0.25, 0.3) is 11.8 Å². The summed E-state index contributed by atoms with van der Waals surface area (Å²) in [5, 5.41) is 1.45. The third-order valence-corrected chi connectivity index (χ3v) is 3.29. The lowest BCUT2D eigenvalue weighted by molar-refractivity contribution is 0.0460. The Balaban J connectivity index is 2.38. The summed E-state index contributed by atoms with van der Waals surface area (Å²) in [6.45, 7) is 5.56. The van der Waals surface area contributed by atoms with E-state index >= 15 is 0 Å². The lowest BCUT2D eigenvalue weighted by Gasteiger charge is -2.36. The first-order chi connectivity index (χ1) is 8.91. The first kappa shape index (κ1) is 11.7. The molecule has 0 spiro atoms. The molecule has 0 atom stereocenters. The van der Waals surface area contributed by atoms with Crippen LogP contribution in [-0.2, 0) is 0 Å².